The summed E-state index contributed by atoms with van der Waals surface area (Å²) < 4.78 is 38.3. The largest absolute Gasteiger partial charge is 0.383 e. The van der Waals surface area contributed by atoms with Crippen LogP contribution in [0.5, 0.6) is 0 Å². The Bertz CT molecular complexity index is 1200. The van der Waals surface area contributed by atoms with Gasteiger partial charge in [0.15, 0.2) is 0 Å². The van der Waals surface area contributed by atoms with Crippen LogP contribution in [0.25, 0.3) is 10.2 Å². The molecule has 2 aromatic carbocycles. The van der Waals surface area contributed by atoms with Gasteiger partial charge in [0.2, 0.25) is 15.2 Å². The van der Waals surface area contributed by atoms with Gasteiger partial charge in [0.25, 0.3) is 5.91 Å². The number of hydrogen-bond acceptors (Lipinski definition) is 8. The summed E-state index contributed by atoms with van der Waals surface area (Å²) in [6.07, 6.45) is 0. The molecule has 33 heavy (non-hydrogen) atoms. The number of nitrogens with one attached hydrogen (secondary N) is 2. The first-order chi connectivity index (χ1) is 15.8. The van der Waals surface area contributed by atoms with Gasteiger partial charge in [0, 0.05) is 32.9 Å². The number of thiazole rings is 1. The van der Waals surface area contributed by atoms with Crippen LogP contribution in [0.4, 0.5) is 5.13 Å². The molecular formula is C22H28N4O5S2. The van der Waals surface area contributed by atoms with Gasteiger partial charge in [-0.05, 0) is 55.3 Å². The molecule has 0 saturated carbocycles. The minimum Gasteiger partial charge on any atom is -0.383 e. The number of nitrogens with zero attached hydrogens (tertiary/aromatic N) is 2. The first kappa shape index (κ1) is 25.1. The monoisotopic (exact) mass is 492 g/mol. The lowest BCUT2D eigenvalue weighted by Gasteiger charge is -2.21. The zero-order chi connectivity index (χ0) is 24.0. The van der Waals surface area contributed by atoms with Gasteiger partial charge in [-0.2, -0.15) is 4.31 Å². The molecule has 178 valence electrons. The third-order valence-electron chi connectivity index (χ3n) is 4.96. The Kier molecular flexibility index (Phi) is 8.38. The average Bonchev–Trinajstić information content (AvgIpc) is 3.20. The fraction of sp³-hybridized carbons (Fsp3) is 0.364. The maximum atomic E-state index is 13.0. The van der Waals surface area contributed by atoms with Gasteiger partial charge in [-0.1, -0.05) is 17.4 Å². The second kappa shape index (κ2) is 11.0. The Morgan fingerprint density at radius 1 is 1.06 bits per heavy atom. The Morgan fingerprint density at radius 3 is 2.30 bits per heavy atom. The summed E-state index contributed by atoms with van der Waals surface area (Å²) in [4.78, 5) is 17.2. The van der Waals surface area contributed by atoms with Crippen LogP contribution in [-0.2, 0) is 19.5 Å². The summed E-state index contributed by atoms with van der Waals surface area (Å²) >= 11 is 1.44. The molecule has 1 aromatic heterocycles. The van der Waals surface area contributed by atoms with E-state index in [9.17, 15) is 13.2 Å². The fourth-order valence-electron chi connectivity index (χ4n) is 3.27. The van der Waals surface area contributed by atoms with E-state index in [0.29, 0.717) is 10.7 Å². The molecule has 0 aliphatic heterocycles. The Balaban J connectivity index is 1.68. The molecule has 0 bridgehead atoms. The number of sulfonamides is 1. The number of amides is 1. The molecule has 0 spiro atoms. The number of carbonyl (C=O) groups is 1. The molecule has 0 aliphatic rings. The normalized spacial score (nSPS) is 11.8. The first-order valence-corrected chi connectivity index (χ1v) is 12.5. The number of rotatable bonds is 11. The molecule has 1 amide bonds. The van der Waals surface area contributed by atoms with E-state index in [4.69, 9.17) is 9.47 Å². The van der Waals surface area contributed by atoms with Crippen molar-refractivity contribution in [2.75, 3.05) is 45.9 Å². The summed E-state index contributed by atoms with van der Waals surface area (Å²) in [6.45, 7) is 4.96. The smallest absolute Gasteiger partial charge is 0.269 e. The van der Waals surface area contributed by atoms with E-state index in [2.05, 4.69) is 28.0 Å². The third-order valence-corrected chi connectivity index (χ3v) is 7.79. The van der Waals surface area contributed by atoms with Gasteiger partial charge in [0.05, 0.1) is 28.3 Å². The lowest BCUT2D eigenvalue weighted by molar-refractivity contribution is 0.0962. The van der Waals surface area contributed by atoms with Crippen LogP contribution in [0.1, 0.15) is 21.5 Å². The van der Waals surface area contributed by atoms with Gasteiger partial charge in [0.1, 0.15) is 0 Å². The molecule has 0 unspecified atom stereocenters. The zero-order valence-corrected chi connectivity index (χ0v) is 20.7. The third kappa shape index (κ3) is 6.06. The molecule has 0 saturated heterocycles. The van der Waals surface area contributed by atoms with Crippen molar-refractivity contribution < 1.29 is 22.7 Å². The van der Waals surface area contributed by atoms with E-state index < -0.39 is 15.9 Å². The number of anilines is 1. The molecule has 0 radical (unpaired) electrons. The van der Waals surface area contributed by atoms with Crippen LogP contribution in [0.2, 0.25) is 0 Å². The lowest BCUT2D eigenvalue weighted by atomic mass is 10.1. The summed E-state index contributed by atoms with van der Waals surface area (Å²) in [5.41, 5.74) is 8.88. The van der Waals surface area contributed by atoms with Gasteiger partial charge >= 0.3 is 0 Å². The maximum absolute atomic E-state index is 13.0. The van der Waals surface area contributed by atoms with E-state index in [1.54, 1.807) is 0 Å². The highest BCUT2D eigenvalue weighted by Crippen LogP contribution is 2.28. The number of aromatic nitrogens is 1. The van der Waals surface area contributed by atoms with Crippen molar-refractivity contribution in [2.45, 2.75) is 18.7 Å². The van der Waals surface area contributed by atoms with Crippen LogP contribution in [0, 0.1) is 13.8 Å². The highest BCUT2D eigenvalue weighted by molar-refractivity contribution is 7.89. The van der Waals surface area contributed by atoms with Crippen molar-refractivity contribution in [3.8, 4) is 0 Å². The average molecular weight is 493 g/mol. The van der Waals surface area contributed by atoms with E-state index in [1.165, 1.54) is 54.1 Å². The highest BCUT2D eigenvalue weighted by atomic mass is 32.2. The number of benzene rings is 2. The van der Waals surface area contributed by atoms with Crippen molar-refractivity contribution in [3.05, 3.63) is 53.1 Å². The van der Waals surface area contributed by atoms with Gasteiger partial charge in [-0.3, -0.25) is 15.6 Å². The number of hydrogen-bond donors (Lipinski definition) is 2. The summed E-state index contributed by atoms with van der Waals surface area (Å²) in [5.74, 6) is -0.401. The van der Waals surface area contributed by atoms with Crippen LogP contribution in [-0.4, -0.2) is 64.1 Å². The van der Waals surface area contributed by atoms with Crippen molar-refractivity contribution >= 4 is 42.6 Å². The predicted octanol–water partition coefficient (Wildman–Crippen LogP) is 2.95. The zero-order valence-electron chi connectivity index (χ0n) is 19.0. The SMILES string of the molecule is COCCN(CCOC)S(=O)(=O)c1ccc(C(=O)NNc2nc3c(C)cc(C)cc3s2)cc1. The minimum atomic E-state index is -3.75. The molecule has 3 rings (SSSR count). The van der Waals surface area contributed by atoms with Crippen LogP contribution < -0.4 is 10.9 Å². The Labute approximate surface area is 197 Å². The van der Waals surface area contributed by atoms with Crippen LogP contribution >= 0.6 is 11.3 Å². The molecule has 0 atom stereocenters. The number of aryl methyl sites for hydroxylation is 2. The molecule has 9 nitrogen and oxygen atoms in total. The van der Waals surface area contributed by atoms with Crippen LogP contribution in [0.15, 0.2) is 41.3 Å². The van der Waals surface area contributed by atoms with Crippen molar-refractivity contribution in [2.24, 2.45) is 0 Å². The number of ether oxygens (including phenoxy) is 2. The molecule has 1 heterocycles. The molecule has 3 aromatic rings. The second-order valence-electron chi connectivity index (χ2n) is 7.44. The quantitative estimate of drug-likeness (QED) is 0.396. The number of methoxy groups -OCH3 is 2. The van der Waals surface area contributed by atoms with E-state index in [0.717, 1.165) is 21.3 Å². The summed E-state index contributed by atoms with van der Waals surface area (Å²) in [6, 6.07) is 9.89. The van der Waals surface area contributed by atoms with Gasteiger partial charge in [-0.25, -0.2) is 13.4 Å². The van der Waals surface area contributed by atoms with Crippen molar-refractivity contribution in [3.63, 3.8) is 0 Å². The molecule has 2 N–H and O–H groups in total. The summed E-state index contributed by atoms with van der Waals surface area (Å²) in [5, 5.41) is 0.568. The van der Waals surface area contributed by atoms with E-state index in [-0.39, 0.29) is 31.2 Å². The molecule has 0 fully saturated rings. The standard InChI is InChI=1S/C22H28N4O5S2/c1-15-13-16(2)20-19(14-15)32-22(23-20)25-24-21(27)17-5-7-18(8-6-17)33(28,29)26(9-11-30-3)10-12-31-4/h5-8,13-14H,9-12H2,1-4H3,(H,23,25)(H,24,27). The fourth-order valence-corrected chi connectivity index (χ4v) is 5.68. The highest BCUT2D eigenvalue weighted by Gasteiger charge is 2.24. The minimum absolute atomic E-state index is 0.0937. The first-order valence-electron chi connectivity index (χ1n) is 10.3. The topological polar surface area (TPSA) is 110 Å². The Hall–Kier alpha value is -2.57. The second-order valence-corrected chi connectivity index (χ2v) is 10.4. The maximum Gasteiger partial charge on any atom is 0.269 e. The summed E-state index contributed by atoms with van der Waals surface area (Å²) in [7, 11) is -0.722. The molecule has 11 heteroatoms. The van der Waals surface area contributed by atoms with Crippen molar-refractivity contribution in [1.82, 2.24) is 14.7 Å². The van der Waals surface area contributed by atoms with E-state index in [1.807, 2.05) is 13.8 Å². The number of hydrazine groups is 1. The number of carbonyl (C=O) groups excluding carboxylic acids is 1. The predicted molar refractivity (Wildman–Crippen MR) is 129 cm³/mol. The molecular weight excluding hydrogens is 464 g/mol. The molecule has 0 aliphatic carbocycles. The van der Waals surface area contributed by atoms with Crippen molar-refractivity contribution in [1.29, 1.82) is 0 Å². The number of fused-ring (bicyclic) bond motifs is 1. The lowest BCUT2D eigenvalue weighted by Crippen LogP contribution is -2.36. The van der Waals surface area contributed by atoms with Gasteiger partial charge < -0.3 is 9.47 Å². The van der Waals surface area contributed by atoms with Crippen LogP contribution in [0.3, 0.4) is 0 Å². The van der Waals surface area contributed by atoms with Gasteiger partial charge in [-0.15, -0.1) is 0 Å². The van der Waals surface area contributed by atoms with E-state index >= 15 is 0 Å². The Morgan fingerprint density at radius 2 is 1.70 bits per heavy atom.